The average molecular weight is 506 g/mol. The summed E-state index contributed by atoms with van der Waals surface area (Å²) in [6, 6.07) is 2.68. The van der Waals surface area contributed by atoms with Crippen molar-refractivity contribution in [3.63, 3.8) is 0 Å². The van der Waals surface area contributed by atoms with E-state index in [1.54, 1.807) is 13.8 Å². The van der Waals surface area contributed by atoms with Gasteiger partial charge in [-0.05, 0) is 43.7 Å². The summed E-state index contributed by atoms with van der Waals surface area (Å²) in [7, 11) is 0. The van der Waals surface area contributed by atoms with Gasteiger partial charge in [-0.2, -0.15) is 13.2 Å². The van der Waals surface area contributed by atoms with Gasteiger partial charge in [-0.1, -0.05) is 29.3 Å². The number of hydrogen-bond acceptors (Lipinski definition) is 4. The molecule has 12 heteroatoms. The summed E-state index contributed by atoms with van der Waals surface area (Å²) in [6.07, 6.45) is -4.89. The molecule has 0 aliphatic heterocycles. The van der Waals surface area contributed by atoms with Crippen LogP contribution in [0.5, 0.6) is 0 Å². The predicted molar refractivity (Wildman–Crippen MR) is 114 cm³/mol. The third kappa shape index (κ3) is 5.06. The number of pyridine rings is 1. The Morgan fingerprint density at radius 1 is 1.18 bits per heavy atom. The van der Waals surface area contributed by atoms with Gasteiger partial charge in [0.1, 0.15) is 22.3 Å². The van der Waals surface area contributed by atoms with Gasteiger partial charge in [-0.3, -0.25) is 4.79 Å². The van der Waals surface area contributed by atoms with E-state index in [0.717, 1.165) is 18.2 Å². The molecule has 0 aliphatic carbocycles. The van der Waals surface area contributed by atoms with E-state index in [0.29, 0.717) is 5.39 Å². The Hall–Kier alpha value is -2.85. The zero-order valence-electron chi connectivity index (χ0n) is 17.3. The predicted octanol–water partition coefficient (Wildman–Crippen LogP) is 5.71. The van der Waals surface area contributed by atoms with Crippen molar-refractivity contribution >= 4 is 46.1 Å². The molecule has 33 heavy (non-hydrogen) atoms. The van der Waals surface area contributed by atoms with Crippen molar-refractivity contribution in [2.75, 3.05) is 6.61 Å². The number of nitrogens with zero attached hydrogens (tertiary/aromatic N) is 2. The number of amides is 1. The molecule has 3 rings (SSSR count). The van der Waals surface area contributed by atoms with Gasteiger partial charge in [-0.15, -0.1) is 0 Å². The summed E-state index contributed by atoms with van der Waals surface area (Å²) in [5.74, 6) is -2.68. The molecular weight excluding hydrogens is 489 g/mol. The van der Waals surface area contributed by atoms with E-state index in [1.165, 1.54) is 16.7 Å². The van der Waals surface area contributed by atoms with Gasteiger partial charge < -0.3 is 14.6 Å². The SMILES string of the molecule is CCOC(=O)c1cc2cc(C(=O)NC(c3ccc(F)c(Cl)c3)C(F)(F)F)n(CC)c2nc1Cl. The number of nitrogens with one attached hydrogen (secondary N) is 1. The number of aryl methyl sites for hydroxylation is 1. The highest BCUT2D eigenvalue weighted by Crippen LogP contribution is 2.35. The summed E-state index contributed by atoms with van der Waals surface area (Å²) < 4.78 is 60.9. The number of fused-ring (bicyclic) bond motifs is 1. The van der Waals surface area contributed by atoms with Crippen LogP contribution in [0.15, 0.2) is 30.3 Å². The Morgan fingerprint density at radius 2 is 1.88 bits per heavy atom. The van der Waals surface area contributed by atoms with E-state index >= 15 is 0 Å². The monoisotopic (exact) mass is 505 g/mol. The Labute approximate surface area is 195 Å². The topological polar surface area (TPSA) is 73.2 Å². The Kier molecular flexibility index (Phi) is 7.18. The summed E-state index contributed by atoms with van der Waals surface area (Å²) in [4.78, 5) is 29.1. The fraction of sp³-hybridized carbons (Fsp3) is 0.286. The number of alkyl halides is 3. The molecular formula is C21H17Cl2F4N3O3. The van der Waals surface area contributed by atoms with Gasteiger partial charge in [0.2, 0.25) is 0 Å². The first-order chi connectivity index (χ1) is 15.5. The number of rotatable bonds is 6. The van der Waals surface area contributed by atoms with Gasteiger partial charge in [0, 0.05) is 11.9 Å². The number of carbonyl (C=O) groups is 2. The molecule has 0 radical (unpaired) electrons. The molecule has 1 amide bonds. The molecule has 6 nitrogen and oxygen atoms in total. The van der Waals surface area contributed by atoms with Crippen LogP contribution in [-0.4, -0.2) is 34.2 Å². The number of halogens is 6. The van der Waals surface area contributed by atoms with Crippen LogP contribution >= 0.6 is 23.2 Å². The molecule has 1 atom stereocenters. The van der Waals surface area contributed by atoms with E-state index in [9.17, 15) is 27.2 Å². The lowest BCUT2D eigenvalue weighted by molar-refractivity contribution is -0.155. The minimum Gasteiger partial charge on any atom is -0.462 e. The van der Waals surface area contributed by atoms with Crippen molar-refractivity contribution in [1.29, 1.82) is 0 Å². The third-order valence-electron chi connectivity index (χ3n) is 4.75. The van der Waals surface area contributed by atoms with Crippen LogP contribution in [0.4, 0.5) is 17.6 Å². The van der Waals surface area contributed by atoms with E-state index in [1.807, 2.05) is 5.32 Å². The molecule has 0 aliphatic rings. The summed E-state index contributed by atoms with van der Waals surface area (Å²) in [6.45, 7) is 3.54. The maximum absolute atomic E-state index is 13.7. The second kappa shape index (κ2) is 9.56. The highest BCUT2D eigenvalue weighted by molar-refractivity contribution is 6.33. The minimum absolute atomic E-state index is 0.0413. The highest BCUT2D eigenvalue weighted by Gasteiger charge is 2.42. The van der Waals surface area contributed by atoms with E-state index in [-0.39, 0.29) is 35.2 Å². The maximum atomic E-state index is 13.7. The van der Waals surface area contributed by atoms with Crippen LogP contribution in [0, 0.1) is 5.82 Å². The first kappa shape index (κ1) is 24.8. The van der Waals surface area contributed by atoms with Crippen LogP contribution in [0.2, 0.25) is 10.2 Å². The quantitative estimate of drug-likeness (QED) is 0.264. The molecule has 0 spiro atoms. The lowest BCUT2D eigenvalue weighted by Gasteiger charge is -2.22. The molecule has 1 unspecified atom stereocenters. The molecule has 1 N–H and O–H groups in total. The summed E-state index contributed by atoms with van der Waals surface area (Å²) in [5, 5.41) is 1.55. The molecule has 0 saturated carbocycles. The lowest BCUT2D eigenvalue weighted by Crippen LogP contribution is -2.39. The average Bonchev–Trinajstić information content (AvgIpc) is 3.10. The maximum Gasteiger partial charge on any atom is 0.412 e. The molecule has 0 fully saturated rings. The van der Waals surface area contributed by atoms with Gasteiger partial charge in [0.15, 0.2) is 6.04 Å². The first-order valence-electron chi connectivity index (χ1n) is 9.67. The Balaban J connectivity index is 2.04. The minimum atomic E-state index is -4.89. The highest BCUT2D eigenvalue weighted by atomic mass is 35.5. The zero-order chi connectivity index (χ0) is 24.5. The van der Waals surface area contributed by atoms with Crippen LogP contribution in [0.1, 0.15) is 46.3 Å². The molecule has 1 aromatic carbocycles. The van der Waals surface area contributed by atoms with Crippen molar-refractivity contribution in [2.24, 2.45) is 0 Å². The van der Waals surface area contributed by atoms with Gasteiger partial charge in [-0.25, -0.2) is 14.2 Å². The number of aromatic nitrogens is 2. The molecule has 3 aromatic rings. The van der Waals surface area contributed by atoms with Crippen LogP contribution in [0.25, 0.3) is 11.0 Å². The van der Waals surface area contributed by atoms with Gasteiger partial charge in [0.25, 0.3) is 5.91 Å². The Bertz CT molecular complexity index is 1230. The van der Waals surface area contributed by atoms with Crippen molar-refractivity contribution in [3.05, 3.63) is 63.1 Å². The third-order valence-corrected chi connectivity index (χ3v) is 5.32. The fourth-order valence-corrected chi connectivity index (χ4v) is 3.67. The van der Waals surface area contributed by atoms with Crippen molar-refractivity contribution in [1.82, 2.24) is 14.9 Å². The second-order valence-electron chi connectivity index (χ2n) is 6.86. The normalized spacial score (nSPS) is 12.6. The van der Waals surface area contributed by atoms with Gasteiger partial charge in [0.05, 0.1) is 17.2 Å². The molecule has 0 bridgehead atoms. The van der Waals surface area contributed by atoms with Crippen molar-refractivity contribution < 1.29 is 31.9 Å². The number of esters is 1. The van der Waals surface area contributed by atoms with Crippen molar-refractivity contribution in [2.45, 2.75) is 32.6 Å². The van der Waals surface area contributed by atoms with Crippen LogP contribution < -0.4 is 5.32 Å². The standard InChI is InChI=1S/C21H17Cl2F4N3O3/c1-3-30-15(9-11-7-12(20(32)33-4-2)17(23)29-18(11)30)19(31)28-16(21(25,26)27)10-5-6-14(24)13(22)8-10/h5-9,16H,3-4H2,1-2H3,(H,28,31). The molecule has 2 aromatic heterocycles. The van der Waals surface area contributed by atoms with E-state index in [4.69, 9.17) is 27.9 Å². The Morgan fingerprint density at radius 3 is 2.45 bits per heavy atom. The van der Waals surface area contributed by atoms with Crippen molar-refractivity contribution in [3.8, 4) is 0 Å². The molecule has 176 valence electrons. The largest absolute Gasteiger partial charge is 0.462 e. The van der Waals surface area contributed by atoms with Gasteiger partial charge >= 0.3 is 12.1 Å². The molecule has 0 saturated heterocycles. The molecule has 2 heterocycles. The lowest BCUT2D eigenvalue weighted by atomic mass is 10.1. The smallest absolute Gasteiger partial charge is 0.412 e. The van der Waals surface area contributed by atoms with Crippen LogP contribution in [0.3, 0.4) is 0 Å². The van der Waals surface area contributed by atoms with Crippen LogP contribution in [-0.2, 0) is 11.3 Å². The number of hydrogen-bond donors (Lipinski definition) is 1. The number of ether oxygens (including phenoxy) is 1. The van der Waals surface area contributed by atoms with E-state index < -0.39 is 40.5 Å². The second-order valence-corrected chi connectivity index (χ2v) is 7.62. The first-order valence-corrected chi connectivity index (χ1v) is 10.4. The zero-order valence-corrected chi connectivity index (χ0v) is 18.8. The van der Waals surface area contributed by atoms with E-state index in [2.05, 4.69) is 4.98 Å². The number of benzene rings is 1. The summed E-state index contributed by atoms with van der Waals surface area (Å²) in [5.41, 5.74) is -0.416. The fourth-order valence-electron chi connectivity index (χ4n) is 3.27. The summed E-state index contributed by atoms with van der Waals surface area (Å²) >= 11 is 11.7. The number of carbonyl (C=O) groups excluding carboxylic acids is 2.